The Balaban J connectivity index is 1.75. The van der Waals surface area contributed by atoms with E-state index in [1.54, 1.807) is 31.4 Å². The lowest BCUT2D eigenvalue weighted by Gasteiger charge is -2.27. The third kappa shape index (κ3) is 4.51. The van der Waals surface area contributed by atoms with Crippen molar-refractivity contribution in [2.45, 2.75) is 37.9 Å². The minimum absolute atomic E-state index is 0.0654. The van der Waals surface area contributed by atoms with Crippen LogP contribution in [-0.4, -0.2) is 31.8 Å². The third-order valence-corrected chi connectivity index (χ3v) is 3.53. The molecule has 0 bridgehead atoms. The Morgan fingerprint density at radius 2 is 2.20 bits per heavy atom. The number of amides is 1. The van der Waals surface area contributed by atoms with Crippen molar-refractivity contribution in [2.75, 3.05) is 24.8 Å². The van der Waals surface area contributed by atoms with Crippen LogP contribution in [0, 0.1) is 0 Å². The summed E-state index contributed by atoms with van der Waals surface area (Å²) in [5.74, 6) is -0.157. The smallest absolute Gasteiger partial charge is 0.250 e. The Bertz CT molecular complexity index is 450. The lowest BCUT2D eigenvalue weighted by molar-refractivity contribution is -0.124. The summed E-state index contributed by atoms with van der Waals surface area (Å²) in [5.41, 5.74) is 6.98. The largest absolute Gasteiger partial charge is 0.399 e. The molecule has 110 valence electrons. The fourth-order valence-electron chi connectivity index (χ4n) is 2.47. The molecule has 1 amide bonds. The molecule has 2 unspecified atom stereocenters. The van der Waals surface area contributed by atoms with Crippen molar-refractivity contribution in [3.8, 4) is 0 Å². The first-order valence-corrected chi connectivity index (χ1v) is 6.97. The summed E-state index contributed by atoms with van der Waals surface area (Å²) in [7, 11) is 1.72. The SMILES string of the molecule is COC1CCCC(OCC(=O)Nc2cccc(N)c2)C1. The lowest BCUT2D eigenvalue weighted by Crippen LogP contribution is -2.30. The fourth-order valence-corrected chi connectivity index (χ4v) is 2.47. The van der Waals surface area contributed by atoms with Crippen LogP contribution in [0.15, 0.2) is 24.3 Å². The highest BCUT2D eigenvalue weighted by molar-refractivity contribution is 5.92. The van der Waals surface area contributed by atoms with Crippen molar-refractivity contribution in [1.29, 1.82) is 0 Å². The first kappa shape index (κ1) is 14.8. The number of benzene rings is 1. The molecule has 5 heteroatoms. The second-order valence-electron chi connectivity index (χ2n) is 5.13. The van der Waals surface area contributed by atoms with Crippen LogP contribution in [0.3, 0.4) is 0 Å². The number of carbonyl (C=O) groups is 1. The summed E-state index contributed by atoms with van der Waals surface area (Å²) in [6.45, 7) is 0.0654. The number of nitrogen functional groups attached to an aromatic ring is 1. The van der Waals surface area contributed by atoms with Gasteiger partial charge in [-0.1, -0.05) is 6.07 Å². The molecular weight excluding hydrogens is 256 g/mol. The van der Waals surface area contributed by atoms with Crippen molar-refractivity contribution in [1.82, 2.24) is 0 Å². The number of anilines is 2. The predicted molar refractivity (Wildman–Crippen MR) is 78.5 cm³/mol. The van der Waals surface area contributed by atoms with E-state index >= 15 is 0 Å². The monoisotopic (exact) mass is 278 g/mol. The van der Waals surface area contributed by atoms with Crippen molar-refractivity contribution in [2.24, 2.45) is 0 Å². The maximum Gasteiger partial charge on any atom is 0.250 e. The summed E-state index contributed by atoms with van der Waals surface area (Å²) < 4.78 is 11.0. The minimum atomic E-state index is -0.157. The maximum atomic E-state index is 11.8. The zero-order chi connectivity index (χ0) is 14.4. The van der Waals surface area contributed by atoms with Crippen molar-refractivity contribution < 1.29 is 14.3 Å². The number of nitrogens with two attached hydrogens (primary N) is 1. The zero-order valence-electron chi connectivity index (χ0n) is 11.8. The first-order chi connectivity index (χ1) is 9.67. The van der Waals surface area contributed by atoms with Crippen LogP contribution in [0.2, 0.25) is 0 Å². The van der Waals surface area contributed by atoms with E-state index < -0.39 is 0 Å². The Hall–Kier alpha value is -1.59. The Morgan fingerprint density at radius 1 is 1.40 bits per heavy atom. The molecule has 1 aromatic rings. The highest BCUT2D eigenvalue weighted by Crippen LogP contribution is 2.23. The molecule has 5 nitrogen and oxygen atoms in total. The molecule has 1 aromatic carbocycles. The van der Waals surface area contributed by atoms with Crippen LogP contribution < -0.4 is 11.1 Å². The number of nitrogens with one attached hydrogen (secondary N) is 1. The topological polar surface area (TPSA) is 73.6 Å². The van der Waals surface area contributed by atoms with Crippen LogP contribution in [0.25, 0.3) is 0 Å². The quantitative estimate of drug-likeness (QED) is 0.810. The number of hydrogen-bond donors (Lipinski definition) is 2. The van der Waals surface area contributed by atoms with Crippen LogP contribution in [0.4, 0.5) is 11.4 Å². The van der Waals surface area contributed by atoms with Gasteiger partial charge in [-0.25, -0.2) is 0 Å². The van der Waals surface area contributed by atoms with E-state index in [0.29, 0.717) is 11.4 Å². The molecule has 2 atom stereocenters. The Morgan fingerprint density at radius 3 is 2.95 bits per heavy atom. The molecule has 20 heavy (non-hydrogen) atoms. The summed E-state index contributed by atoms with van der Waals surface area (Å²) in [5, 5.41) is 2.77. The average Bonchev–Trinajstić information content (AvgIpc) is 2.45. The van der Waals surface area contributed by atoms with Gasteiger partial charge in [-0.15, -0.1) is 0 Å². The van der Waals surface area contributed by atoms with Gasteiger partial charge < -0.3 is 20.5 Å². The zero-order valence-corrected chi connectivity index (χ0v) is 11.8. The van der Waals surface area contributed by atoms with Gasteiger partial charge in [0, 0.05) is 18.5 Å². The number of methoxy groups -OCH3 is 1. The molecule has 0 heterocycles. The lowest BCUT2D eigenvalue weighted by atomic mass is 9.95. The molecule has 0 spiro atoms. The van der Waals surface area contributed by atoms with Crippen LogP contribution in [0.1, 0.15) is 25.7 Å². The van der Waals surface area contributed by atoms with E-state index in [2.05, 4.69) is 5.32 Å². The van der Waals surface area contributed by atoms with Gasteiger partial charge in [0.25, 0.3) is 0 Å². The van der Waals surface area contributed by atoms with E-state index in [-0.39, 0.29) is 24.7 Å². The molecule has 1 fully saturated rings. The number of rotatable bonds is 5. The Kier molecular flexibility index (Phi) is 5.38. The van der Waals surface area contributed by atoms with Gasteiger partial charge in [-0.3, -0.25) is 4.79 Å². The second kappa shape index (κ2) is 7.26. The van der Waals surface area contributed by atoms with Gasteiger partial charge in [0.05, 0.1) is 12.2 Å². The highest BCUT2D eigenvalue weighted by Gasteiger charge is 2.22. The van der Waals surface area contributed by atoms with E-state index in [4.69, 9.17) is 15.2 Å². The molecule has 0 radical (unpaired) electrons. The van der Waals surface area contributed by atoms with Crippen LogP contribution in [0.5, 0.6) is 0 Å². The summed E-state index contributed by atoms with van der Waals surface area (Å²) in [6, 6.07) is 7.10. The average molecular weight is 278 g/mol. The van der Waals surface area contributed by atoms with Gasteiger partial charge in [-0.05, 0) is 43.9 Å². The normalized spacial score (nSPS) is 22.4. The molecule has 1 aliphatic carbocycles. The first-order valence-electron chi connectivity index (χ1n) is 6.97. The molecule has 1 saturated carbocycles. The third-order valence-electron chi connectivity index (χ3n) is 3.53. The predicted octanol–water partition coefficient (Wildman–Crippen LogP) is 2.18. The molecule has 0 aliphatic heterocycles. The van der Waals surface area contributed by atoms with Crippen molar-refractivity contribution in [3.05, 3.63) is 24.3 Å². The summed E-state index contributed by atoms with van der Waals surface area (Å²) >= 11 is 0. The Labute approximate surface area is 119 Å². The van der Waals surface area contributed by atoms with Gasteiger partial charge in [0.15, 0.2) is 0 Å². The van der Waals surface area contributed by atoms with E-state index in [9.17, 15) is 4.79 Å². The van der Waals surface area contributed by atoms with Gasteiger partial charge in [-0.2, -0.15) is 0 Å². The molecule has 0 aromatic heterocycles. The van der Waals surface area contributed by atoms with Crippen molar-refractivity contribution in [3.63, 3.8) is 0 Å². The van der Waals surface area contributed by atoms with Crippen LogP contribution >= 0.6 is 0 Å². The fraction of sp³-hybridized carbons (Fsp3) is 0.533. The molecule has 2 rings (SSSR count). The van der Waals surface area contributed by atoms with Gasteiger partial charge in [0.2, 0.25) is 5.91 Å². The molecule has 1 aliphatic rings. The molecule has 3 N–H and O–H groups in total. The maximum absolute atomic E-state index is 11.8. The summed E-state index contributed by atoms with van der Waals surface area (Å²) in [6.07, 6.45) is 4.38. The second-order valence-corrected chi connectivity index (χ2v) is 5.13. The number of ether oxygens (including phenoxy) is 2. The van der Waals surface area contributed by atoms with Gasteiger partial charge in [0.1, 0.15) is 6.61 Å². The molecule has 0 saturated heterocycles. The molecular formula is C15H22N2O3. The number of hydrogen-bond acceptors (Lipinski definition) is 4. The standard InChI is InChI=1S/C15H22N2O3/c1-19-13-6-3-7-14(9-13)20-10-15(18)17-12-5-2-4-11(16)8-12/h2,4-5,8,13-14H,3,6-7,9-10,16H2,1H3,(H,17,18). The summed E-state index contributed by atoms with van der Waals surface area (Å²) in [4.78, 5) is 11.8. The van der Waals surface area contributed by atoms with Gasteiger partial charge >= 0.3 is 0 Å². The van der Waals surface area contributed by atoms with E-state index in [1.165, 1.54) is 0 Å². The van der Waals surface area contributed by atoms with E-state index in [1.807, 2.05) is 0 Å². The highest BCUT2D eigenvalue weighted by atomic mass is 16.5. The van der Waals surface area contributed by atoms with E-state index in [0.717, 1.165) is 25.7 Å². The number of carbonyl (C=O) groups excluding carboxylic acids is 1. The minimum Gasteiger partial charge on any atom is -0.399 e. The van der Waals surface area contributed by atoms with Crippen molar-refractivity contribution >= 4 is 17.3 Å². The van der Waals surface area contributed by atoms with Crippen LogP contribution in [-0.2, 0) is 14.3 Å².